The number of amides is 1. The van der Waals surface area contributed by atoms with Crippen LogP contribution in [0.25, 0.3) is 0 Å². The molecule has 5 nitrogen and oxygen atoms in total. The third-order valence-corrected chi connectivity index (χ3v) is 4.34. The summed E-state index contributed by atoms with van der Waals surface area (Å²) in [5.41, 5.74) is 1.05. The maximum absolute atomic E-state index is 13.2. The predicted octanol–water partition coefficient (Wildman–Crippen LogP) is 3.76. The number of carbonyl (C=O) groups is 1. The largest absolute Gasteiger partial charge is 0.336 e. The number of nitrogens with zero attached hydrogens (tertiary/aromatic N) is 3. The van der Waals surface area contributed by atoms with E-state index in [1.54, 1.807) is 12.1 Å². The molecule has 1 atom stereocenters. The molecule has 0 bridgehead atoms. The molecule has 0 aliphatic carbocycles. The van der Waals surface area contributed by atoms with Gasteiger partial charge in [0.2, 0.25) is 5.95 Å². The molecule has 1 aliphatic rings. The Hall–Kier alpha value is -2.50. The normalized spacial score (nSPS) is 17.6. The van der Waals surface area contributed by atoms with E-state index < -0.39 is 0 Å². The average molecular weight is 328 g/mol. The number of nitrogens with one attached hydrogen (secondary N) is 1. The summed E-state index contributed by atoms with van der Waals surface area (Å²) >= 11 is 0. The Kier molecular flexibility index (Phi) is 5.03. The van der Waals surface area contributed by atoms with Gasteiger partial charge in [-0.2, -0.15) is 0 Å². The second-order valence-electron chi connectivity index (χ2n) is 5.99. The van der Waals surface area contributed by atoms with Gasteiger partial charge in [0.25, 0.3) is 5.91 Å². The highest BCUT2D eigenvalue weighted by Gasteiger charge is 2.26. The Morgan fingerprint density at radius 1 is 1.33 bits per heavy atom. The van der Waals surface area contributed by atoms with E-state index in [4.69, 9.17) is 0 Å². The van der Waals surface area contributed by atoms with Gasteiger partial charge in [-0.15, -0.1) is 0 Å². The Balaban J connectivity index is 1.70. The number of likely N-dealkylation sites (tertiary alicyclic amines) is 1. The van der Waals surface area contributed by atoms with Crippen molar-refractivity contribution in [2.24, 2.45) is 0 Å². The van der Waals surface area contributed by atoms with E-state index in [1.807, 2.05) is 4.90 Å². The van der Waals surface area contributed by atoms with Crippen molar-refractivity contribution in [3.05, 3.63) is 48.0 Å². The van der Waals surface area contributed by atoms with E-state index in [0.717, 1.165) is 25.8 Å². The molecule has 2 heterocycles. The summed E-state index contributed by atoms with van der Waals surface area (Å²) in [6.45, 7) is 2.90. The van der Waals surface area contributed by atoms with Crippen LogP contribution in [-0.2, 0) is 0 Å². The molecule has 0 saturated carbocycles. The summed E-state index contributed by atoms with van der Waals surface area (Å²) in [6, 6.07) is 6.37. The molecule has 3 rings (SSSR count). The molecule has 1 saturated heterocycles. The van der Waals surface area contributed by atoms with Crippen molar-refractivity contribution >= 4 is 17.5 Å². The lowest BCUT2D eigenvalue weighted by Crippen LogP contribution is -2.43. The van der Waals surface area contributed by atoms with E-state index in [9.17, 15) is 9.18 Å². The summed E-state index contributed by atoms with van der Waals surface area (Å²) in [4.78, 5) is 22.9. The maximum atomic E-state index is 13.2. The first-order chi connectivity index (χ1) is 11.7. The highest BCUT2D eigenvalue weighted by molar-refractivity contribution is 5.94. The molecule has 1 fully saturated rings. The molecular formula is C18H21FN4O. The molecule has 24 heavy (non-hydrogen) atoms. The van der Waals surface area contributed by atoms with Crippen molar-refractivity contribution < 1.29 is 9.18 Å². The van der Waals surface area contributed by atoms with Crippen LogP contribution < -0.4 is 5.32 Å². The molecule has 6 heteroatoms. The van der Waals surface area contributed by atoms with E-state index in [1.165, 1.54) is 30.9 Å². The first-order valence-corrected chi connectivity index (χ1v) is 8.33. The van der Waals surface area contributed by atoms with Gasteiger partial charge in [0.15, 0.2) is 0 Å². The predicted molar refractivity (Wildman–Crippen MR) is 90.7 cm³/mol. The van der Waals surface area contributed by atoms with Crippen LogP contribution in [0.1, 0.15) is 43.0 Å². The minimum atomic E-state index is -0.331. The van der Waals surface area contributed by atoms with Gasteiger partial charge in [-0.25, -0.2) is 14.4 Å². The van der Waals surface area contributed by atoms with Crippen molar-refractivity contribution in [1.82, 2.24) is 14.9 Å². The van der Waals surface area contributed by atoms with Crippen molar-refractivity contribution in [3.8, 4) is 0 Å². The minimum Gasteiger partial charge on any atom is -0.336 e. The molecule has 2 aromatic rings. The number of anilines is 2. The Morgan fingerprint density at radius 3 is 2.83 bits per heavy atom. The monoisotopic (exact) mass is 328 g/mol. The van der Waals surface area contributed by atoms with Crippen LogP contribution in [0.15, 0.2) is 36.7 Å². The van der Waals surface area contributed by atoms with E-state index in [0.29, 0.717) is 23.2 Å². The van der Waals surface area contributed by atoms with Crippen LogP contribution in [0.5, 0.6) is 0 Å². The van der Waals surface area contributed by atoms with Gasteiger partial charge in [0, 0.05) is 30.7 Å². The molecular weight excluding hydrogens is 307 g/mol. The number of piperidine rings is 1. The van der Waals surface area contributed by atoms with Gasteiger partial charge in [-0.3, -0.25) is 4.79 Å². The zero-order valence-corrected chi connectivity index (χ0v) is 13.7. The fourth-order valence-corrected chi connectivity index (χ4v) is 3.06. The Bertz CT molecular complexity index is 704. The van der Waals surface area contributed by atoms with Crippen molar-refractivity contribution in [2.75, 3.05) is 11.9 Å². The topological polar surface area (TPSA) is 58.1 Å². The number of halogens is 1. The van der Waals surface area contributed by atoms with Gasteiger partial charge in [0.05, 0.1) is 5.56 Å². The van der Waals surface area contributed by atoms with Gasteiger partial charge < -0.3 is 10.2 Å². The standard InChI is InChI=1S/C18H21FN4O/c1-2-16-8-3-4-9-23(16)17(24)13-11-20-18(21-12-13)22-15-7-5-6-14(19)10-15/h5-7,10-12,16H,2-4,8-9H2,1H3,(H,20,21,22). The highest BCUT2D eigenvalue weighted by atomic mass is 19.1. The molecule has 1 aromatic carbocycles. The maximum Gasteiger partial charge on any atom is 0.257 e. The zero-order chi connectivity index (χ0) is 16.9. The van der Waals surface area contributed by atoms with Crippen LogP contribution in [0.2, 0.25) is 0 Å². The van der Waals surface area contributed by atoms with Crippen LogP contribution >= 0.6 is 0 Å². The van der Waals surface area contributed by atoms with Crippen molar-refractivity contribution in [2.45, 2.75) is 38.6 Å². The first-order valence-electron chi connectivity index (χ1n) is 8.33. The van der Waals surface area contributed by atoms with Crippen LogP contribution in [-0.4, -0.2) is 33.4 Å². The lowest BCUT2D eigenvalue weighted by atomic mass is 9.99. The van der Waals surface area contributed by atoms with E-state index in [2.05, 4.69) is 22.2 Å². The number of aromatic nitrogens is 2. The molecule has 126 valence electrons. The molecule has 1 N–H and O–H groups in total. The zero-order valence-electron chi connectivity index (χ0n) is 13.7. The molecule has 1 aliphatic heterocycles. The fraction of sp³-hybridized carbons (Fsp3) is 0.389. The Labute approximate surface area is 140 Å². The fourth-order valence-electron chi connectivity index (χ4n) is 3.06. The summed E-state index contributed by atoms with van der Waals surface area (Å²) in [5.74, 6) is -0.0100. The number of benzene rings is 1. The highest BCUT2D eigenvalue weighted by Crippen LogP contribution is 2.22. The number of hydrogen-bond donors (Lipinski definition) is 1. The second-order valence-corrected chi connectivity index (χ2v) is 5.99. The molecule has 0 spiro atoms. The Morgan fingerprint density at radius 2 is 2.12 bits per heavy atom. The third kappa shape index (κ3) is 3.69. The summed E-state index contributed by atoms with van der Waals surface area (Å²) in [7, 11) is 0. The first kappa shape index (κ1) is 16.4. The van der Waals surface area contributed by atoms with E-state index in [-0.39, 0.29) is 11.7 Å². The van der Waals surface area contributed by atoms with Gasteiger partial charge >= 0.3 is 0 Å². The van der Waals surface area contributed by atoms with Crippen LogP contribution in [0, 0.1) is 5.82 Å². The third-order valence-electron chi connectivity index (χ3n) is 4.34. The summed E-state index contributed by atoms with van der Waals surface area (Å²) in [5, 5.41) is 2.92. The SMILES string of the molecule is CCC1CCCCN1C(=O)c1cnc(Nc2cccc(F)c2)nc1. The van der Waals surface area contributed by atoms with Gasteiger partial charge in [-0.05, 0) is 43.9 Å². The quantitative estimate of drug-likeness (QED) is 0.928. The average Bonchev–Trinajstić information content (AvgIpc) is 2.62. The lowest BCUT2D eigenvalue weighted by molar-refractivity contribution is 0.0607. The van der Waals surface area contributed by atoms with Gasteiger partial charge in [-0.1, -0.05) is 13.0 Å². The smallest absolute Gasteiger partial charge is 0.257 e. The van der Waals surface area contributed by atoms with Crippen LogP contribution in [0.3, 0.4) is 0 Å². The van der Waals surface area contributed by atoms with Crippen molar-refractivity contribution in [3.63, 3.8) is 0 Å². The lowest BCUT2D eigenvalue weighted by Gasteiger charge is -2.35. The molecule has 1 aromatic heterocycles. The number of carbonyl (C=O) groups excluding carboxylic acids is 1. The van der Waals surface area contributed by atoms with Crippen molar-refractivity contribution in [1.29, 1.82) is 0 Å². The number of rotatable bonds is 4. The summed E-state index contributed by atoms with van der Waals surface area (Å²) in [6.07, 6.45) is 7.29. The minimum absolute atomic E-state index is 0.0149. The molecule has 1 amide bonds. The van der Waals surface area contributed by atoms with Gasteiger partial charge in [0.1, 0.15) is 5.82 Å². The number of hydrogen-bond acceptors (Lipinski definition) is 4. The van der Waals surface area contributed by atoms with Crippen LogP contribution in [0.4, 0.5) is 16.0 Å². The molecule has 1 unspecified atom stereocenters. The summed E-state index contributed by atoms with van der Waals surface area (Å²) < 4.78 is 13.2. The molecule has 0 radical (unpaired) electrons. The van der Waals surface area contributed by atoms with E-state index >= 15 is 0 Å². The second kappa shape index (κ2) is 7.38.